The Hall–Kier alpha value is -3.88. The number of ether oxygens (including phenoxy) is 2. The van der Waals surface area contributed by atoms with Gasteiger partial charge in [0.25, 0.3) is 5.56 Å². The van der Waals surface area contributed by atoms with Crippen LogP contribution in [0.25, 0.3) is 17.4 Å². The number of carbonyl (C=O) groups excluding carboxylic acids is 1. The summed E-state index contributed by atoms with van der Waals surface area (Å²) in [6.07, 6.45) is 1.69. The summed E-state index contributed by atoms with van der Waals surface area (Å²) in [6.45, 7) is 3.71. The van der Waals surface area contributed by atoms with Crippen molar-refractivity contribution in [2.45, 2.75) is 19.9 Å². The number of carbonyl (C=O) groups is 1. The standard InChI is InChI=1S/C28H23ClN2O5S/c1-4-35-27(33)24-16(2)30-28-31(25(24)17-8-10-20(34-3)11-9-17)26(32)23(37-28)15-21-12-13-22(36-21)18-6-5-7-19(29)14-18/h5-15,25H,4H2,1-3H3/b23-15-. The molecule has 1 atom stereocenters. The minimum absolute atomic E-state index is 0.211. The first kappa shape index (κ1) is 24.8. The smallest absolute Gasteiger partial charge is 0.338 e. The second-order valence-corrected chi connectivity index (χ2v) is 9.73. The van der Waals surface area contributed by atoms with Gasteiger partial charge in [-0.3, -0.25) is 9.36 Å². The Bertz CT molecular complexity index is 1700. The van der Waals surface area contributed by atoms with Crippen LogP contribution in [-0.4, -0.2) is 24.3 Å². The summed E-state index contributed by atoms with van der Waals surface area (Å²) in [4.78, 5) is 31.8. The summed E-state index contributed by atoms with van der Waals surface area (Å²) in [6, 6.07) is 17.5. The largest absolute Gasteiger partial charge is 0.497 e. The molecule has 2 aromatic heterocycles. The van der Waals surface area contributed by atoms with Gasteiger partial charge in [-0.05, 0) is 55.8 Å². The van der Waals surface area contributed by atoms with E-state index in [9.17, 15) is 9.59 Å². The summed E-state index contributed by atoms with van der Waals surface area (Å²) in [5.41, 5.74) is 2.13. The monoisotopic (exact) mass is 534 g/mol. The van der Waals surface area contributed by atoms with E-state index in [1.165, 1.54) is 11.3 Å². The molecule has 0 saturated heterocycles. The van der Waals surface area contributed by atoms with Crippen molar-refractivity contribution in [2.24, 2.45) is 4.99 Å². The lowest BCUT2D eigenvalue weighted by atomic mass is 9.96. The van der Waals surface area contributed by atoms with Crippen LogP contribution in [0.3, 0.4) is 0 Å². The summed E-state index contributed by atoms with van der Waals surface area (Å²) in [7, 11) is 1.58. The van der Waals surface area contributed by atoms with Crippen LogP contribution < -0.4 is 19.6 Å². The first-order valence-corrected chi connectivity index (χ1v) is 12.8. The molecule has 37 heavy (non-hydrogen) atoms. The maximum absolute atomic E-state index is 13.7. The molecule has 7 nitrogen and oxygen atoms in total. The van der Waals surface area contributed by atoms with E-state index in [1.807, 2.05) is 36.4 Å². The van der Waals surface area contributed by atoms with E-state index in [-0.39, 0.29) is 12.2 Å². The fourth-order valence-corrected chi connectivity index (χ4v) is 5.47. The molecule has 9 heteroatoms. The molecular weight excluding hydrogens is 512 g/mol. The maximum atomic E-state index is 13.7. The zero-order valence-corrected chi connectivity index (χ0v) is 21.9. The SMILES string of the molecule is CCOC(=O)C1=C(C)N=c2s/c(=C\c3ccc(-c4cccc(Cl)c4)o3)c(=O)n2C1c1ccc(OC)cc1. The van der Waals surface area contributed by atoms with E-state index >= 15 is 0 Å². The summed E-state index contributed by atoms with van der Waals surface area (Å²) >= 11 is 7.35. The Balaban J connectivity index is 1.63. The van der Waals surface area contributed by atoms with Gasteiger partial charge < -0.3 is 13.9 Å². The molecule has 0 N–H and O–H groups in total. The van der Waals surface area contributed by atoms with Crippen molar-refractivity contribution in [3.63, 3.8) is 0 Å². The van der Waals surface area contributed by atoms with Gasteiger partial charge in [0.1, 0.15) is 17.3 Å². The van der Waals surface area contributed by atoms with E-state index in [2.05, 4.69) is 4.99 Å². The third kappa shape index (κ3) is 4.77. The van der Waals surface area contributed by atoms with Crippen LogP contribution in [-0.2, 0) is 9.53 Å². The zero-order valence-electron chi connectivity index (χ0n) is 20.4. The van der Waals surface area contributed by atoms with Gasteiger partial charge in [0.05, 0.1) is 35.6 Å². The maximum Gasteiger partial charge on any atom is 0.338 e. The second kappa shape index (κ2) is 10.2. The molecule has 5 rings (SSSR count). The number of halogens is 1. The first-order chi connectivity index (χ1) is 17.9. The Kier molecular flexibility index (Phi) is 6.86. The molecule has 2 aromatic carbocycles. The normalized spacial score (nSPS) is 15.4. The number of aromatic nitrogens is 1. The van der Waals surface area contributed by atoms with Crippen LogP contribution in [0.4, 0.5) is 0 Å². The lowest BCUT2D eigenvalue weighted by Gasteiger charge is -2.24. The Morgan fingerprint density at radius 2 is 1.97 bits per heavy atom. The number of rotatable bonds is 6. The number of methoxy groups -OCH3 is 1. The quantitative estimate of drug-likeness (QED) is 0.334. The minimum atomic E-state index is -0.693. The summed E-state index contributed by atoms with van der Waals surface area (Å²) in [5, 5.41) is 0.607. The van der Waals surface area contributed by atoms with E-state index in [0.29, 0.717) is 42.9 Å². The molecule has 3 heterocycles. The first-order valence-electron chi connectivity index (χ1n) is 11.6. The van der Waals surface area contributed by atoms with Gasteiger partial charge in [-0.25, -0.2) is 9.79 Å². The van der Waals surface area contributed by atoms with Gasteiger partial charge in [-0.2, -0.15) is 0 Å². The zero-order chi connectivity index (χ0) is 26.1. The summed E-state index contributed by atoms with van der Waals surface area (Å²) in [5.74, 6) is 1.32. The molecule has 1 unspecified atom stereocenters. The van der Waals surface area contributed by atoms with Crippen molar-refractivity contribution in [1.29, 1.82) is 0 Å². The minimum Gasteiger partial charge on any atom is -0.497 e. The lowest BCUT2D eigenvalue weighted by molar-refractivity contribution is -0.139. The Morgan fingerprint density at radius 3 is 2.68 bits per heavy atom. The van der Waals surface area contributed by atoms with Gasteiger partial charge >= 0.3 is 5.97 Å². The third-order valence-corrected chi connectivity index (χ3v) is 7.18. The molecule has 0 aliphatic carbocycles. The van der Waals surface area contributed by atoms with Crippen molar-refractivity contribution in [3.8, 4) is 17.1 Å². The molecule has 0 amide bonds. The fourth-order valence-electron chi connectivity index (χ4n) is 4.25. The molecule has 4 aromatic rings. The molecule has 188 valence electrons. The molecule has 1 aliphatic heterocycles. The van der Waals surface area contributed by atoms with E-state index in [0.717, 1.165) is 11.1 Å². The van der Waals surface area contributed by atoms with E-state index in [1.54, 1.807) is 55.9 Å². The van der Waals surface area contributed by atoms with Crippen molar-refractivity contribution in [3.05, 3.63) is 108 Å². The van der Waals surface area contributed by atoms with Crippen LogP contribution in [0.15, 0.2) is 86.1 Å². The summed E-state index contributed by atoms with van der Waals surface area (Å²) < 4.78 is 18.6. The third-order valence-electron chi connectivity index (χ3n) is 5.96. The molecule has 1 aliphatic rings. The lowest BCUT2D eigenvalue weighted by Crippen LogP contribution is -2.39. The molecule has 0 bridgehead atoms. The van der Waals surface area contributed by atoms with Crippen LogP contribution in [0.5, 0.6) is 5.75 Å². The predicted molar refractivity (Wildman–Crippen MR) is 143 cm³/mol. The van der Waals surface area contributed by atoms with Gasteiger partial charge in [0.2, 0.25) is 0 Å². The molecular formula is C28H23ClN2O5S. The topological polar surface area (TPSA) is 83.0 Å². The number of hydrogen-bond donors (Lipinski definition) is 0. The number of esters is 1. The van der Waals surface area contributed by atoms with Crippen LogP contribution >= 0.6 is 22.9 Å². The van der Waals surface area contributed by atoms with Crippen LogP contribution in [0, 0.1) is 0 Å². The van der Waals surface area contributed by atoms with E-state index in [4.69, 9.17) is 25.5 Å². The van der Waals surface area contributed by atoms with Crippen LogP contribution in [0.1, 0.15) is 31.2 Å². The fraction of sp³-hybridized carbons (Fsp3) is 0.179. The van der Waals surface area contributed by atoms with Crippen LogP contribution in [0.2, 0.25) is 5.02 Å². The number of furan rings is 1. The van der Waals surface area contributed by atoms with Crippen molar-refractivity contribution >= 4 is 35.0 Å². The molecule has 0 saturated carbocycles. The highest BCUT2D eigenvalue weighted by Gasteiger charge is 2.33. The average Bonchev–Trinajstić information content (AvgIpc) is 3.48. The predicted octanol–water partition coefficient (Wildman–Crippen LogP) is 4.72. The highest BCUT2D eigenvalue weighted by molar-refractivity contribution is 7.07. The van der Waals surface area contributed by atoms with Crippen molar-refractivity contribution < 1.29 is 18.7 Å². The molecule has 0 spiro atoms. The Morgan fingerprint density at radius 1 is 1.19 bits per heavy atom. The number of benzene rings is 2. The highest BCUT2D eigenvalue weighted by atomic mass is 35.5. The van der Waals surface area contributed by atoms with E-state index < -0.39 is 12.0 Å². The number of fused-ring (bicyclic) bond motifs is 1. The number of nitrogens with zero attached hydrogens (tertiary/aromatic N) is 2. The van der Waals surface area contributed by atoms with Gasteiger partial charge in [-0.1, -0.05) is 47.2 Å². The Labute approximate surface area is 221 Å². The number of allylic oxidation sites excluding steroid dienone is 1. The van der Waals surface area contributed by atoms with Gasteiger partial charge in [0.15, 0.2) is 4.80 Å². The highest BCUT2D eigenvalue weighted by Crippen LogP contribution is 2.31. The molecule has 0 radical (unpaired) electrons. The average molecular weight is 535 g/mol. The second-order valence-electron chi connectivity index (χ2n) is 8.29. The van der Waals surface area contributed by atoms with Gasteiger partial charge in [0, 0.05) is 16.7 Å². The van der Waals surface area contributed by atoms with Gasteiger partial charge in [-0.15, -0.1) is 0 Å². The molecule has 0 fully saturated rings. The van der Waals surface area contributed by atoms with Crippen molar-refractivity contribution in [1.82, 2.24) is 4.57 Å². The van der Waals surface area contributed by atoms with Crippen molar-refractivity contribution in [2.75, 3.05) is 13.7 Å². The number of thiazole rings is 1. The number of hydrogen-bond acceptors (Lipinski definition) is 7.